The van der Waals surface area contributed by atoms with Gasteiger partial charge in [0.25, 0.3) is 11.8 Å². The number of carbonyl (C=O) groups excluding carboxylic acids is 1. The highest BCUT2D eigenvalue weighted by Gasteiger charge is 2.26. The largest absolute Gasteiger partial charge is 0.334 e. The van der Waals surface area contributed by atoms with Crippen molar-refractivity contribution in [1.82, 2.24) is 20.4 Å². The summed E-state index contributed by atoms with van der Waals surface area (Å²) < 4.78 is 19.5. The molecule has 158 valence electrons. The molecule has 1 aromatic heterocycles. The molecule has 1 saturated heterocycles. The average Bonchev–Trinajstić information content (AvgIpc) is 3.20. The Morgan fingerprint density at radius 3 is 2.83 bits per heavy atom. The molecule has 0 aliphatic carbocycles. The van der Waals surface area contributed by atoms with Gasteiger partial charge in [0.15, 0.2) is 5.82 Å². The van der Waals surface area contributed by atoms with E-state index in [0.29, 0.717) is 23.0 Å². The Hall–Kier alpha value is -2.81. The van der Waals surface area contributed by atoms with Crippen molar-refractivity contribution < 1.29 is 13.7 Å². The molecule has 0 bridgehead atoms. The van der Waals surface area contributed by atoms with Crippen LogP contribution >= 0.6 is 12.4 Å². The second kappa shape index (κ2) is 9.34. The quantitative estimate of drug-likeness (QED) is 0.658. The summed E-state index contributed by atoms with van der Waals surface area (Å²) in [5, 5.41) is 10.3. The molecule has 2 heterocycles. The minimum atomic E-state index is -0.576. The van der Waals surface area contributed by atoms with Crippen LogP contribution in [-0.2, 0) is 0 Å². The lowest BCUT2D eigenvalue weighted by atomic mass is 10.1. The number of hydrogen-bond donors (Lipinski definition) is 2. The molecule has 2 aromatic carbocycles. The molecule has 4 rings (SSSR count). The van der Waals surface area contributed by atoms with Gasteiger partial charge >= 0.3 is 0 Å². The predicted octanol–water partition coefficient (Wildman–Crippen LogP) is 3.43. The van der Waals surface area contributed by atoms with Crippen molar-refractivity contribution in [2.45, 2.75) is 13.0 Å². The molecule has 30 heavy (non-hydrogen) atoms. The van der Waals surface area contributed by atoms with Crippen LogP contribution in [-0.4, -0.2) is 47.6 Å². The maximum absolute atomic E-state index is 14.0. The predicted molar refractivity (Wildman–Crippen MR) is 114 cm³/mol. The number of carbonyl (C=O) groups is 1. The number of anilines is 1. The SMILES string of the molecule is Cc1cccc(-c2nc(C3CNCCN3C)no2)c1NC(=O)c1ccccc1F.Cl. The van der Waals surface area contributed by atoms with Crippen molar-refractivity contribution in [3.8, 4) is 11.5 Å². The molecule has 1 unspecified atom stereocenters. The maximum atomic E-state index is 14.0. The van der Waals surface area contributed by atoms with Gasteiger partial charge in [-0.2, -0.15) is 4.98 Å². The summed E-state index contributed by atoms with van der Waals surface area (Å²) >= 11 is 0. The number of rotatable bonds is 4. The van der Waals surface area contributed by atoms with E-state index in [1.807, 2.05) is 26.1 Å². The summed E-state index contributed by atoms with van der Waals surface area (Å²) in [5.74, 6) is -0.211. The summed E-state index contributed by atoms with van der Waals surface area (Å²) in [7, 11) is 2.02. The number of aromatic nitrogens is 2. The van der Waals surface area contributed by atoms with Gasteiger partial charge in [-0.25, -0.2) is 4.39 Å². The van der Waals surface area contributed by atoms with Crippen LogP contribution in [0.3, 0.4) is 0 Å². The minimum Gasteiger partial charge on any atom is -0.334 e. The van der Waals surface area contributed by atoms with Crippen molar-refractivity contribution in [3.63, 3.8) is 0 Å². The second-order valence-corrected chi connectivity index (χ2v) is 7.09. The third-order valence-corrected chi connectivity index (χ3v) is 5.11. The number of aryl methyl sites for hydroxylation is 1. The summed E-state index contributed by atoms with van der Waals surface area (Å²) in [6.07, 6.45) is 0. The minimum absolute atomic E-state index is 0. The smallest absolute Gasteiger partial charge is 0.260 e. The fourth-order valence-electron chi connectivity index (χ4n) is 3.41. The number of nitrogens with zero attached hydrogens (tertiary/aromatic N) is 3. The number of nitrogens with one attached hydrogen (secondary N) is 2. The molecule has 2 N–H and O–H groups in total. The number of halogens is 2. The Labute approximate surface area is 180 Å². The number of amides is 1. The zero-order valence-corrected chi connectivity index (χ0v) is 17.5. The van der Waals surface area contributed by atoms with E-state index < -0.39 is 11.7 Å². The average molecular weight is 432 g/mol. The Morgan fingerprint density at radius 1 is 1.27 bits per heavy atom. The van der Waals surface area contributed by atoms with Gasteiger partial charge in [-0.15, -0.1) is 12.4 Å². The summed E-state index contributed by atoms with van der Waals surface area (Å²) in [6, 6.07) is 11.4. The van der Waals surface area contributed by atoms with Gasteiger partial charge in [-0.1, -0.05) is 29.4 Å². The van der Waals surface area contributed by atoms with E-state index in [1.165, 1.54) is 12.1 Å². The van der Waals surface area contributed by atoms with Gasteiger partial charge in [0.1, 0.15) is 5.82 Å². The summed E-state index contributed by atoms with van der Waals surface area (Å²) in [6.45, 7) is 4.40. The van der Waals surface area contributed by atoms with Crippen LogP contribution in [0, 0.1) is 12.7 Å². The second-order valence-electron chi connectivity index (χ2n) is 7.09. The lowest BCUT2D eigenvalue weighted by Crippen LogP contribution is -2.44. The van der Waals surface area contributed by atoms with Gasteiger partial charge in [0.05, 0.1) is 22.9 Å². The highest BCUT2D eigenvalue weighted by molar-refractivity contribution is 6.06. The van der Waals surface area contributed by atoms with E-state index in [2.05, 4.69) is 25.7 Å². The van der Waals surface area contributed by atoms with Crippen LogP contribution in [0.2, 0.25) is 0 Å². The van der Waals surface area contributed by atoms with Crippen LogP contribution in [0.25, 0.3) is 11.5 Å². The van der Waals surface area contributed by atoms with E-state index in [0.717, 1.165) is 25.2 Å². The number of benzene rings is 2. The monoisotopic (exact) mass is 431 g/mol. The van der Waals surface area contributed by atoms with Crippen molar-refractivity contribution in [2.75, 3.05) is 32.0 Å². The van der Waals surface area contributed by atoms with Gasteiger partial charge in [0, 0.05) is 19.6 Å². The van der Waals surface area contributed by atoms with Crippen molar-refractivity contribution in [3.05, 3.63) is 65.2 Å². The molecular weight excluding hydrogens is 409 g/mol. The molecule has 1 amide bonds. The molecule has 0 spiro atoms. The Kier molecular flexibility index (Phi) is 6.81. The third kappa shape index (κ3) is 4.35. The number of para-hydroxylation sites is 1. The summed E-state index contributed by atoms with van der Waals surface area (Å²) in [5.41, 5.74) is 1.90. The fourth-order valence-corrected chi connectivity index (χ4v) is 3.41. The van der Waals surface area contributed by atoms with Crippen LogP contribution in [0.5, 0.6) is 0 Å². The van der Waals surface area contributed by atoms with Crippen LogP contribution in [0.15, 0.2) is 47.0 Å². The van der Waals surface area contributed by atoms with Crippen LogP contribution in [0.4, 0.5) is 10.1 Å². The van der Waals surface area contributed by atoms with Crippen molar-refractivity contribution in [2.24, 2.45) is 0 Å². The van der Waals surface area contributed by atoms with Crippen LogP contribution in [0.1, 0.15) is 27.8 Å². The lowest BCUT2D eigenvalue weighted by molar-refractivity contribution is 0.102. The van der Waals surface area contributed by atoms with Gasteiger partial charge < -0.3 is 15.2 Å². The first-order chi connectivity index (χ1) is 14.0. The Balaban J connectivity index is 0.00000256. The third-order valence-electron chi connectivity index (χ3n) is 5.11. The molecule has 9 heteroatoms. The Morgan fingerprint density at radius 2 is 2.07 bits per heavy atom. The molecule has 0 radical (unpaired) electrons. The lowest BCUT2D eigenvalue weighted by Gasteiger charge is -2.30. The molecule has 1 atom stereocenters. The molecule has 1 aliphatic heterocycles. The van der Waals surface area contributed by atoms with E-state index in [4.69, 9.17) is 4.52 Å². The maximum Gasteiger partial charge on any atom is 0.260 e. The van der Waals surface area contributed by atoms with Gasteiger partial charge in [0.2, 0.25) is 0 Å². The van der Waals surface area contributed by atoms with Crippen molar-refractivity contribution in [1.29, 1.82) is 0 Å². The van der Waals surface area contributed by atoms with E-state index >= 15 is 0 Å². The van der Waals surface area contributed by atoms with Crippen LogP contribution < -0.4 is 10.6 Å². The standard InChI is InChI=1S/C21H22FN5O2.ClH/c1-13-6-5-8-15(18(13)24-20(28)14-7-3-4-9-16(14)22)21-25-19(26-29-21)17-12-23-10-11-27(17)2;/h3-9,17,23H,10-12H2,1-2H3,(H,24,28);1H. The van der Waals surface area contributed by atoms with E-state index in [9.17, 15) is 9.18 Å². The first-order valence-electron chi connectivity index (χ1n) is 9.45. The normalized spacial score (nSPS) is 16.7. The summed E-state index contributed by atoms with van der Waals surface area (Å²) in [4.78, 5) is 19.4. The van der Waals surface area contributed by atoms with E-state index in [1.54, 1.807) is 18.2 Å². The number of hydrogen-bond acceptors (Lipinski definition) is 6. The van der Waals surface area contributed by atoms with Crippen molar-refractivity contribution >= 4 is 24.0 Å². The molecule has 1 aliphatic rings. The molecule has 3 aromatic rings. The molecule has 1 fully saturated rings. The Bertz CT molecular complexity index is 1040. The number of piperazine rings is 1. The number of likely N-dealkylation sites (N-methyl/N-ethyl adjacent to an activating group) is 1. The van der Waals surface area contributed by atoms with Gasteiger partial charge in [-0.05, 0) is 37.7 Å². The highest BCUT2D eigenvalue weighted by atomic mass is 35.5. The highest BCUT2D eigenvalue weighted by Crippen LogP contribution is 2.31. The molecule has 7 nitrogen and oxygen atoms in total. The zero-order chi connectivity index (χ0) is 20.4. The topological polar surface area (TPSA) is 83.3 Å². The first-order valence-corrected chi connectivity index (χ1v) is 9.45. The molecular formula is C21H23ClFN5O2. The zero-order valence-electron chi connectivity index (χ0n) is 16.7. The van der Waals surface area contributed by atoms with E-state index in [-0.39, 0.29) is 24.0 Å². The molecule has 0 saturated carbocycles. The van der Waals surface area contributed by atoms with Gasteiger partial charge in [-0.3, -0.25) is 9.69 Å². The first kappa shape index (κ1) is 21.9. The fraction of sp³-hybridized carbons (Fsp3) is 0.286.